The van der Waals surface area contributed by atoms with Crippen molar-refractivity contribution in [3.8, 4) is 11.5 Å². The first kappa shape index (κ1) is 23.7. The van der Waals surface area contributed by atoms with Crippen molar-refractivity contribution in [2.24, 2.45) is 0 Å². The Labute approximate surface area is 231 Å². The summed E-state index contributed by atoms with van der Waals surface area (Å²) in [4.78, 5) is 26.8. The number of nitrogens with zero attached hydrogens (tertiary/aromatic N) is 2. The van der Waals surface area contributed by atoms with Crippen LogP contribution in [0.25, 0.3) is 5.57 Å². The average Bonchev–Trinajstić information content (AvgIpc) is 2.97. The summed E-state index contributed by atoms with van der Waals surface area (Å²) in [6.07, 6.45) is 8.06. The van der Waals surface area contributed by atoms with Gasteiger partial charge in [-0.1, -0.05) is 6.07 Å². The number of rotatable bonds is 3. The summed E-state index contributed by atoms with van der Waals surface area (Å²) < 4.78 is 9.49. The summed E-state index contributed by atoms with van der Waals surface area (Å²) in [5, 5.41) is 24.3. The van der Waals surface area contributed by atoms with Crippen LogP contribution in [-0.2, 0) is 25.7 Å². The first-order valence-corrected chi connectivity index (χ1v) is 14.5. The fourth-order valence-electron chi connectivity index (χ4n) is 7.87. The monoisotopic (exact) mass is 534 g/mol. The van der Waals surface area contributed by atoms with Gasteiger partial charge >= 0.3 is 5.97 Å². The smallest absolute Gasteiger partial charge is 0.335 e. The molecule has 0 saturated heterocycles. The maximum atomic E-state index is 12.5. The molecule has 3 aromatic rings. The van der Waals surface area contributed by atoms with Crippen molar-refractivity contribution >= 4 is 23.2 Å². The lowest BCUT2D eigenvalue weighted by Gasteiger charge is -2.39. The lowest BCUT2D eigenvalue weighted by molar-refractivity contribution is -0.255. The standard InChI is InChI=1S/C33H30N2O5/c36-32(37)20-9-10-21(24(17-20)33(38)39)27-25-15-18-5-1-11-34-13-3-7-22(28(18)34)30(25)40-31-23-8-4-14-35-12-2-6-19(29(23)35)16-26(27)31/h9-10,15-17H,1-8,11-14H2,(H-,36,37,38,39). The normalized spacial score (nSPS) is 18.2. The number of anilines is 1. The third-order valence-corrected chi connectivity index (χ3v) is 9.44. The summed E-state index contributed by atoms with van der Waals surface area (Å²) in [6, 6.07) is 8.82. The van der Waals surface area contributed by atoms with Crippen molar-refractivity contribution in [1.29, 1.82) is 0 Å². The van der Waals surface area contributed by atoms with Gasteiger partial charge in [-0.2, -0.15) is 0 Å². The van der Waals surface area contributed by atoms with Gasteiger partial charge in [-0.15, -0.1) is 0 Å². The number of fused-ring (bicyclic) bond motifs is 4. The number of hydrogen-bond acceptors (Lipinski definition) is 5. The molecule has 0 unspecified atom stereocenters. The molecule has 5 aliphatic heterocycles. The third-order valence-electron chi connectivity index (χ3n) is 9.44. The molecule has 0 spiro atoms. The average molecular weight is 535 g/mol. The van der Waals surface area contributed by atoms with E-state index in [1.165, 1.54) is 45.4 Å². The molecule has 5 aliphatic rings. The number of benzene rings is 3. The topological polar surface area (TPSA) is 92.9 Å². The van der Waals surface area contributed by atoms with Crippen LogP contribution in [0, 0.1) is 0 Å². The van der Waals surface area contributed by atoms with Crippen molar-refractivity contribution in [1.82, 2.24) is 4.58 Å². The summed E-state index contributed by atoms with van der Waals surface area (Å²) in [5.74, 6) is -0.868. The van der Waals surface area contributed by atoms with Crippen LogP contribution in [0.2, 0.25) is 0 Å². The molecule has 7 heteroatoms. The minimum absolute atomic E-state index is 0.0663. The number of aryl methyl sites for hydroxylation is 2. The number of hydrogen-bond donors (Lipinski definition) is 1. The predicted octanol–water partition coefficient (Wildman–Crippen LogP) is 2.18. The summed E-state index contributed by atoms with van der Waals surface area (Å²) in [7, 11) is 0. The maximum Gasteiger partial charge on any atom is 0.335 e. The second-order valence-corrected chi connectivity index (χ2v) is 11.7. The quantitative estimate of drug-likeness (QED) is 0.405. The van der Waals surface area contributed by atoms with E-state index < -0.39 is 11.9 Å². The van der Waals surface area contributed by atoms with Crippen LogP contribution >= 0.6 is 0 Å². The van der Waals surface area contributed by atoms with E-state index in [9.17, 15) is 19.8 Å². The Morgan fingerprint density at radius 1 is 0.850 bits per heavy atom. The van der Waals surface area contributed by atoms with E-state index >= 15 is 0 Å². The molecule has 1 N–H and O–H groups in total. The zero-order valence-electron chi connectivity index (χ0n) is 22.3. The fraction of sp³-hybridized carbons (Fsp3) is 0.364. The van der Waals surface area contributed by atoms with Gasteiger partial charge in [-0.3, -0.25) is 0 Å². The Morgan fingerprint density at radius 2 is 1.60 bits per heavy atom. The van der Waals surface area contributed by atoms with Gasteiger partial charge in [-0.25, -0.2) is 9.37 Å². The van der Waals surface area contributed by atoms with E-state index in [1.807, 2.05) is 0 Å². The molecule has 0 atom stereocenters. The molecule has 0 aromatic heterocycles. The number of carbonyl (C=O) groups excluding carboxylic acids is 1. The Kier molecular flexibility index (Phi) is 5.15. The number of ether oxygens (including phenoxy) is 1. The van der Waals surface area contributed by atoms with Crippen molar-refractivity contribution in [2.45, 2.75) is 51.4 Å². The Balaban J connectivity index is 1.53. The van der Waals surface area contributed by atoms with E-state index in [0.29, 0.717) is 5.56 Å². The number of carboxylic acid groups (broad SMARTS) is 2. The lowest BCUT2D eigenvalue weighted by Crippen LogP contribution is -2.45. The van der Waals surface area contributed by atoms with Crippen LogP contribution in [0.15, 0.2) is 30.3 Å². The molecule has 5 heterocycles. The van der Waals surface area contributed by atoms with Gasteiger partial charge in [0.1, 0.15) is 24.6 Å². The lowest BCUT2D eigenvalue weighted by atomic mass is 9.81. The van der Waals surface area contributed by atoms with Crippen LogP contribution in [-0.4, -0.2) is 43.2 Å². The molecule has 0 fully saturated rings. The van der Waals surface area contributed by atoms with E-state index in [-0.39, 0.29) is 11.1 Å². The molecule has 0 aliphatic carbocycles. The summed E-state index contributed by atoms with van der Waals surface area (Å²) in [6.45, 7) is 4.19. The van der Waals surface area contributed by atoms with E-state index in [4.69, 9.17) is 4.74 Å². The van der Waals surface area contributed by atoms with E-state index in [1.54, 1.807) is 6.07 Å². The van der Waals surface area contributed by atoms with E-state index in [0.717, 1.165) is 105 Å². The summed E-state index contributed by atoms with van der Waals surface area (Å²) in [5.41, 5.74) is 8.35. The molecule has 0 radical (unpaired) electrons. The zero-order chi connectivity index (χ0) is 27.1. The maximum absolute atomic E-state index is 12.5. The van der Waals surface area contributed by atoms with Gasteiger partial charge in [0.05, 0.1) is 17.1 Å². The predicted molar refractivity (Wildman–Crippen MR) is 148 cm³/mol. The molecule has 0 saturated carbocycles. The molecular weight excluding hydrogens is 504 g/mol. The zero-order valence-corrected chi connectivity index (χ0v) is 22.3. The molecule has 202 valence electrons. The molecule has 40 heavy (non-hydrogen) atoms. The van der Waals surface area contributed by atoms with Crippen LogP contribution in [0.5, 0.6) is 11.5 Å². The SMILES string of the molecule is O=C(O)c1ccc(C2=c3cc4c5c(c3Oc3c2cc2c6c3CCCN6CCC2)CCC[N+]=5CCC4)c(C(=O)[O-])c1. The fourth-order valence-corrected chi connectivity index (χ4v) is 7.87. The highest BCUT2D eigenvalue weighted by Crippen LogP contribution is 2.48. The van der Waals surface area contributed by atoms with Gasteiger partial charge in [0, 0.05) is 64.7 Å². The van der Waals surface area contributed by atoms with Crippen LogP contribution in [0.1, 0.15) is 79.8 Å². The minimum Gasteiger partial charge on any atom is -0.545 e. The second-order valence-electron chi connectivity index (χ2n) is 11.7. The first-order valence-electron chi connectivity index (χ1n) is 14.5. The number of aromatic carboxylic acids is 2. The number of carboxylic acids is 2. The molecule has 7 nitrogen and oxygen atoms in total. The van der Waals surface area contributed by atoms with Crippen molar-refractivity contribution < 1.29 is 24.5 Å². The van der Waals surface area contributed by atoms with Gasteiger partial charge in [-0.05, 0) is 73.9 Å². The minimum atomic E-state index is -1.38. The van der Waals surface area contributed by atoms with Gasteiger partial charge in [0.2, 0.25) is 5.36 Å². The van der Waals surface area contributed by atoms with Crippen LogP contribution < -0.4 is 29.9 Å². The number of carbonyl (C=O) groups is 2. The molecule has 3 aromatic carbocycles. The third kappa shape index (κ3) is 3.33. The second kappa shape index (κ2) is 8.68. The highest BCUT2D eigenvalue weighted by atomic mass is 16.5. The van der Waals surface area contributed by atoms with Crippen LogP contribution in [0.4, 0.5) is 5.69 Å². The molecule has 0 amide bonds. The highest BCUT2D eigenvalue weighted by Gasteiger charge is 2.36. The van der Waals surface area contributed by atoms with Crippen LogP contribution in [0.3, 0.4) is 0 Å². The van der Waals surface area contributed by atoms with Gasteiger partial charge in [0.25, 0.3) is 0 Å². The van der Waals surface area contributed by atoms with Crippen molar-refractivity contribution in [3.05, 3.63) is 85.4 Å². The summed E-state index contributed by atoms with van der Waals surface area (Å²) >= 11 is 0. The highest BCUT2D eigenvalue weighted by molar-refractivity contribution is 6.01. The Morgan fingerprint density at radius 3 is 2.40 bits per heavy atom. The van der Waals surface area contributed by atoms with Gasteiger partial charge < -0.3 is 24.6 Å². The van der Waals surface area contributed by atoms with Gasteiger partial charge in [0.15, 0.2) is 0 Å². The molecule has 8 rings (SSSR count). The molecular formula is C33H30N2O5. The van der Waals surface area contributed by atoms with Crippen molar-refractivity contribution in [3.63, 3.8) is 0 Å². The Hall–Kier alpha value is -4.13. The Bertz CT molecular complexity index is 1800. The molecule has 0 bridgehead atoms. The largest absolute Gasteiger partial charge is 0.545 e. The first-order chi connectivity index (χ1) is 19.5. The van der Waals surface area contributed by atoms with Crippen molar-refractivity contribution in [2.75, 3.05) is 31.1 Å². The van der Waals surface area contributed by atoms with E-state index in [2.05, 4.69) is 21.6 Å².